The smallest absolute Gasteiger partial charge is 0.335 e. The standard InChI is InChI=1S/C13H14ClNO2/c1-17-13(16)11-8-15-7-6-9(11)10-4-2-3-5-12(10)14/h2-5,15H,6-8H2,1H3. The topological polar surface area (TPSA) is 38.3 Å². The summed E-state index contributed by atoms with van der Waals surface area (Å²) in [5, 5.41) is 3.84. The molecule has 1 aromatic carbocycles. The molecule has 1 heterocycles. The molecular formula is C13H14ClNO2. The van der Waals surface area contributed by atoms with Crippen molar-refractivity contribution in [2.45, 2.75) is 6.42 Å². The van der Waals surface area contributed by atoms with Gasteiger partial charge in [0.1, 0.15) is 0 Å². The number of carbonyl (C=O) groups is 1. The zero-order chi connectivity index (χ0) is 12.3. The van der Waals surface area contributed by atoms with Crippen LogP contribution >= 0.6 is 11.6 Å². The molecule has 0 bridgehead atoms. The zero-order valence-electron chi connectivity index (χ0n) is 9.63. The molecular weight excluding hydrogens is 238 g/mol. The Bertz CT molecular complexity index is 468. The lowest BCUT2D eigenvalue weighted by molar-refractivity contribution is -0.136. The van der Waals surface area contributed by atoms with Gasteiger partial charge in [-0.3, -0.25) is 0 Å². The summed E-state index contributed by atoms with van der Waals surface area (Å²) in [7, 11) is 1.40. The minimum Gasteiger partial charge on any atom is -0.466 e. The molecule has 2 rings (SSSR count). The molecule has 0 aliphatic carbocycles. The summed E-state index contributed by atoms with van der Waals surface area (Å²) in [5.74, 6) is -0.285. The molecule has 0 aromatic heterocycles. The predicted molar refractivity (Wildman–Crippen MR) is 67.9 cm³/mol. The zero-order valence-corrected chi connectivity index (χ0v) is 10.4. The van der Waals surface area contributed by atoms with Crippen LogP contribution in [0.1, 0.15) is 12.0 Å². The number of benzene rings is 1. The summed E-state index contributed by atoms with van der Waals surface area (Å²) in [6.45, 7) is 1.38. The first kappa shape index (κ1) is 12.1. The van der Waals surface area contributed by atoms with Crippen LogP contribution in [0.3, 0.4) is 0 Å². The van der Waals surface area contributed by atoms with E-state index in [4.69, 9.17) is 16.3 Å². The lowest BCUT2D eigenvalue weighted by atomic mass is 9.94. The van der Waals surface area contributed by atoms with Gasteiger partial charge < -0.3 is 10.1 Å². The van der Waals surface area contributed by atoms with Crippen LogP contribution in [0.5, 0.6) is 0 Å². The summed E-state index contributed by atoms with van der Waals surface area (Å²) >= 11 is 6.16. The van der Waals surface area contributed by atoms with Gasteiger partial charge in [-0.05, 0) is 30.2 Å². The Morgan fingerprint density at radius 3 is 2.88 bits per heavy atom. The Labute approximate surface area is 105 Å². The number of nitrogens with one attached hydrogen (secondary N) is 1. The maximum atomic E-state index is 11.7. The predicted octanol–water partition coefficient (Wildman–Crippen LogP) is 2.26. The Kier molecular flexibility index (Phi) is 3.82. The van der Waals surface area contributed by atoms with E-state index in [0.717, 1.165) is 24.1 Å². The van der Waals surface area contributed by atoms with E-state index in [9.17, 15) is 4.79 Å². The molecule has 4 heteroatoms. The van der Waals surface area contributed by atoms with E-state index in [1.807, 2.05) is 24.3 Å². The van der Waals surface area contributed by atoms with Crippen molar-refractivity contribution in [2.24, 2.45) is 0 Å². The van der Waals surface area contributed by atoms with Crippen LogP contribution < -0.4 is 5.32 Å². The second kappa shape index (κ2) is 5.34. The Morgan fingerprint density at radius 1 is 1.41 bits per heavy atom. The summed E-state index contributed by atoms with van der Waals surface area (Å²) < 4.78 is 4.80. The van der Waals surface area contributed by atoms with Crippen molar-refractivity contribution in [2.75, 3.05) is 20.2 Å². The third kappa shape index (κ3) is 2.51. The average molecular weight is 252 g/mol. The van der Waals surface area contributed by atoms with Crippen molar-refractivity contribution in [3.63, 3.8) is 0 Å². The first-order valence-electron chi connectivity index (χ1n) is 5.50. The van der Waals surface area contributed by atoms with Gasteiger partial charge in [0.2, 0.25) is 0 Å². The molecule has 1 aliphatic rings. The molecule has 90 valence electrons. The van der Waals surface area contributed by atoms with E-state index in [-0.39, 0.29) is 5.97 Å². The molecule has 1 aromatic rings. The maximum Gasteiger partial charge on any atom is 0.335 e. The van der Waals surface area contributed by atoms with Gasteiger partial charge in [0, 0.05) is 11.6 Å². The summed E-state index contributed by atoms with van der Waals surface area (Å²) in [4.78, 5) is 11.7. The second-order valence-corrected chi connectivity index (χ2v) is 4.26. The lowest BCUT2D eigenvalue weighted by Gasteiger charge is -2.20. The molecule has 0 atom stereocenters. The van der Waals surface area contributed by atoms with Crippen LogP contribution in [0, 0.1) is 0 Å². The Morgan fingerprint density at radius 2 is 2.18 bits per heavy atom. The van der Waals surface area contributed by atoms with Gasteiger partial charge in [-0.2, -0.15) is 0 Å². The van der Waals surface area contributed by atoms with Crippen LogP contribution in [0.15, 0.2) is 29.8 Å². The molecule has 0 fully saturated rings. The van der Waals surface area contributed by atoms with Crippen LogP contribution in [0.4, 0.5) is 0 Å². The quantitative estimate of drug-likeness (QED) is 0.820. The minimum atomic E-state index is -0.285. The Hall–Kier alpha value is -1.32. The molecule has 0 saturated heterocycles. The minimum absolute atomic E-state index is 0.285. The van der Waals surface area contributed by atoms with Gasteiger partial charge in [-0.25, -0.2) is 4.79 Å². The highest BCUT2D eigenvalue weighted by molar-refractivity contribution is 6.32. The first-order chi connectivity index (χ1) is 8.24. The lowest BCUT2D eigenvalue weighted by Crippen LogP contribution is -2.29. The summed E-state index contributed by atoms with van der Waals surface area (Å²) in [6, 6.07) is 7.57. The highest BCUT2D eigenvalue weighted by Gasteiger charge is 2.21. The molecule has 0 spiro atoms. The van der Waals surface area contributed by atoms with Crippen molar-refractivity contribution in [1.29, 1.82) is 0 Å². The number of methoxy groups -OCH3 is 1. The number of halogens is 1. The molecule has 17 heavy (non-hydrogen) atoms. The van der Waals surface area contributed by atoms with E-state index in [1.54, 1.807) is 0 Å². The van der Waals surface area contributed by atoms with Crippen molar-refractivity contribution >= 4 is 23.1 Å². The largest absolute Gasteiger partial charge is 0.466 e. The fourth-order valence-electron chi connectivity index (χ4n) is 2.01. The van der Waals surface area contributed by atoms with E-state index < -0.39 is 0 Å². The third-order valence-corrected chi connectivity index (χ3v) is 3.18. The number of carbonyl (C=O) groups excluding carboxylic acids is 1. The monoisotopic (exact) mass is 251 g/mol. The first-order valence-corrected chi connectivity index (χ1v) is 5.88. The highest BCUT2D eigenvalue weighted by atomic mass is 35.5. The van der Waals surface area contributed by atoms with Crippen molar-refractivity contribution in [1.82, 2.24) is 5.32 Å². The van der Waals surface area contributed by atoms with Gasteiger partial charge in [0.25, 0.3) is 0 Å². The Balaban J connectivity index is 2.49. The number of rotatable bonds is 2. The van der Waals surface area contributed by atoms with Gasteiger partial charge in [0.05, 0.1) is 12.7 Å². The van der Waals surface area contributed by atoms with Crippen molar-refractivity contribution in [3.8, 4) is 0 Å². The third-order valence-electron chi connectivity index (χ3n) is 2.85. The fraction of sp³-hybridized carbons (Fsp3) is 0.308. The summed E-state index contributed by atoms with van der Waals surface area (Å²) in [5.41, 5.74) is 2.59. The molecule has 1 aliphatic heterocycles. The average Bonchev–Trinajstić information content (AvgIpc) is 2.38. The highest BCUT2D eigenvalue weighted by Crippen LogP contribution is 2.30. The number of hydrogen-bond donors (Lipinski definition) is 1. The second-order valence-electron chi connectivity index (χ2n) is 3.86. The number of hydrogen-bond acceptors (Lipinski definition) is 3. The van der Waals surface area contributed by atoms with Crippen LogP contribution in [0.25, 0.3) is 5.57 Å². The van der Waals surface area contributed by atoms with E-state index in [0.29, 0.717) is 17.1 Å². The molecule has 0 unspecified atom stereocenters. The number of ether oxygens (including phenoxy) is 1. The summed E-state index contributed by atoms with van der Waals surface area (Å²) in [6.07, 6.45) is 0.786. The number of esters is 1. The van der Waals surface area contributed by atoms with Gasteiger partial charge in [-0.1, -0.05) is 29.8 Å². The van der Waals surface area contributed by atoms with Crippen LogP contribution in [0.2, 0.25) is 5.02 Å². The van der Waals surface area contributed by atoms with Gasteiger partial charge >= 0.3 is 5.97 Å². The normalized spacial score (nSPS) is 15.9. The molecule has 0 saturated carbocycles. The molecule has 0 amide bonds. The van der Waals surface area contributed by atoms with Crippen LogP contribution in [-0.2, 0) is 9.53 Å². The van der Waals surface area contributed by atoms with Gasteiger partial charge in [0.15, 0.2) is 0 Å². The fourth-order valence-corrected chi connectivity index (χ4v) is 2.26. The molecule has 0 radical (unpaired) electrons. The van der Waals surface area contributed by atoms with Crippen molar-refractivity contribution < 1.29 is 9.53 Å². The van der Waals surface area contributed by atoms with Gasteiger partial charge in [-0.15, -0.1) is 0 Å². The molecule has 1 N–H and O–H groups in total. The van der Waals surface area contributed by atoms with Crippen molar-refractivity contribution in [3.05, 3.63) is 40.4 Å². The van der Waals surface area contributed by atoms with E-state index in [2.05, 4.69) is 5.32 Å². The van der Waals surface area contributed by atoms with Crippen LogP contribution in [-0.4, -0.2) is 26.2 Å². The van der Waals surface area contributed by atoms with E-state index in [1.165, 1.54) is 7.11 Å². The maximum absolute atomic E-state index is 11.7. The molecule has 3 nitrogen and oxygen atoms in total. The van der Waals surface area contributed by atoms with E-state index >= 15 is 0 Å². The SMILES string of the molecule is COC(=O)C1=C(c2ccccc2Cl)CCNC1.